The number of hydrogen-bond acceptors (Lipinski definition) is 5. The van der Waals surface area contributed by atoms with Crippen LogP contribution in [-0.4, -0.2) is 17.1 Å². The highest BCUT2D eigenvalue weighted by atomic mass is 32.1. The van der Waals surface area contributed by atoms with Crippen LogP contribution in [-0.2, 0) is 4.74 Å². The second-order valence-electron chi connectivity index (χ2n) is 4.09. The zero-order valence-electron chi connectivity index (χ0n) is 10.5. The number of carbonyl (C=O) groups excluding carboxylic acids is 1. The minimum absolute atomic E-state index is 0.174. The van der Waals surface area contributed by atoms with Gasteiger partial charge in [0, 0.05) is 11.1 Å². The van der Waals surface area contributed by atoms with Crippen molar-refractivity contribution in [3.63, 3.8) is 0 Å². The number of ether oxygens (including phenoxy) is 1. The van der Waals surface area contributed by atoms with E-state index in [0.29, 0.717) is 11.3 Å². The lowest BCUT2D eigenvalue weighted by atomic mass is 10.3. The number of aryl methyl sites for hydroxylation is 2. The summed E-state index contributed by atoms with van der Waals surface area (Å²) in [6.45, 7) is 3.22. The molecule has 0 saturated carbocycles. The molecule has 0 fully saturated rings. The minimum atomic E-state index is -4.69. The number of esters is 1. The van der Waals surface area contributed by atoms with E-state index in [0.717, 1.165) is 22.7 Å². The Morgan fingerprint density at radius 2 is 2.05 bits per heavy atom. The Labute approximate surface area is 121 Å². The monoisotopic (exact) mass is 321 g/mol. The maximum Gasteiger partial charge on any atom is 0.432 e. The summed E-state index contributed by atoms with van der Waals surface area (Å²) >= 11 is 1.87. The maximum absolute atomic E-state index is 13.0. The molecule has 0 saturated heterocycles. The average molecular weight is 321 g/mol. The van der Waals surface area contributed by atoms with Gasteiger partial charge >= 0.3 is 12.1 Å². The smallest absolute Gasteiger partial charge is 0.432 e. The predicted molar refractivity (Wildman–Crippen MR) is 70.1 cm³/mol. The lowest BCUT2D eigenvalue weighted by Gasteiger charge is -2.18. The first-order valence-corrected chi connectivity index (χ1v) is 7.29. The van der Waals surface area contributed by atoms with Gasteiger partial charge in [0.25, 0.3) is 0 Å². The molecule has 0 spiro atoms. The fourth-order valence-electron chi connectivity index (χ4n) is 1.49. The van der Waals surface area contributed by atoms with Gasteiger partial charge in [-0.25, -0.2) is 9.78 Å². The van der Waals surface area contributed by atoms with Gasteiger partial charge in [0.15, 0.2) is 0 Å². The molecule has 2 aromatic heterocycles. The number of aromatic nitrogens is 1. The molecule has 3 nitrogen and oxygen atoms in total. The fourth-order valence-corrected chi connectivity index (χ4v) is 3.14. The molecule has 2 aromatic rings. The largest absolute Gasteiger partial charge is 0.441 e. The van der Waals surface area contributed by atoms with Crippen LogP contribution in [0.1, 0.15) is 32.0 Å². The SMILES string of the molecule is Cc1csc([C@H](OC(=O)c2sccc2C)C(F)(F)F)n1. The van der Waals surface area contributed by atoms with E-state index in [-0.39, 0.29) is 9.88 Å². The summed E-state index contributed by atoms with van der Waals surface area (Å²) in [4.78, 5) is 15.8. The molecular formula is C12H10F3NO2S2. The van der Waals surface area contributed by atoms with Gasteiger partial charge in [-0.15, -0.1) is 22.7 Å². The van der Waals surface area contributed by atoms with E-state index in [1.54, 1.807) is 25.3 Å². The van der Waals surface area contributed by atoms with Gasteiger partial charge in [-0.1, -0.05) is 0 Å². The zero-order chi connectivity index (χ0) is 14.9. The normalized spacial score (nSPS) is 13.2. The lowest BCUT2D eigenvalue weighted by Crippen LogP contribution is -2.26. The van der Waals surface area contributed by atoms with Crippen molar-refractivity contribution in [3.05, 3.63) is 38.0 Å². The highest BCUT2D eigenvalue weighted by molar-refractivity contribution is 7.12. The third-order valence-electron chi connectivity index (χ3n) is 2.43. The Hall–Kier alpha value is -1.41. The van der Waals surface area contributed by atoms with E-state index < -0.39 is 18.2 Å². The number of thiazole rings is 1. The first-order valence-electron chi connectivity index (χ1n) is 5.53. The Morgan fingerprint density at radius 3 is 2.50 bits per heavy atom. The number of rotatable bonds is 3. The van der Waals surface area contributed by atoms with Gasteiger partial charge in [0.1, 0.15) is 9.88 Å². The van der Waals surface area contributed by atoms with Crippen LogP contribution in [0, 0.1) is 13.8 Å². The molecular weight excluding hydrogens is 311 g/mol. The molecule has 8 heteroatoms. The van der Waals surface area contributed by atoms with Crippen LogP contribution >= 0.6 is 22.7 Å². The molecule has 1 atom stereocenters. The van der Waals surface area contributed by atoms with Crippen LogP contribution in [0.15, 0.2) is 16.8 Å². The molecule has 0 unspecified atom stereocenters. The lowest BCUT2D eigenvalue weighted by molar-refractivity contribution is -0.207. The number of halogens is 3. The van der Waals surface area contributed by atoms with Crippen molar-refractivity contribution < 1.29 is 22.7 Å². The number of nitrogens with zero attached hydrogens (tertiary/aromatic N) is 1. The van der Waals surface area contributed by atoms with Crippen molar-refractivity contribution in [2.45, 2.75) is 26.1 Å². The van der Waals surface area contributed by atoms with Crippen molar-refractivity contribution >= 4 is 28.6 Å². The highest BCUT2D eigenvalue weighted by Gasteiger charge is 2.46. The number of carbonyl (C=O) groups is 1. The predicted octanol–water partition coefficient (Wildman–Crippen LogP) is 4.28. The maximum atomic E-state index is 13.0. The molecule has 20 heavy (non-hydrogen) atoms. The number of alkyl halides is 3. The van der Waals surface area contributed by atoms with Crippen LogP contribution in [0.25, 0.3) is 0 Å². The average Bonchev–Trinajstić information content (AvgIpc) is 2.93. The quantitative estimate of drug-likeness (QED) is 0.792. The van der Waals surface area contributed by atoms with E-state index >= 15 is 0 Å². The molecule has 0 aliphatic rings. The van der Waals surface area contributed by atoms with Gasteiger partial charge in [0.2, 0.25) is 6.10 Å². The van der Waals surface area contributed by atoms with Crippen molar-refractivity contribution in [1.29, 1.82) is 0 Å². The van der Waals surface area contributed by atoms with E-state index in [1.807, 2.05) is 0 Å². The molecule has 108 valence electrons. The van der Waals surface area contributed by atoms with Crippen LogP contribution in [0.5, 0.6) is 0 Å². The highest BCUT2D eigenvalue weighted by Crippen LogP contribution is 2.38. The molecule has 2 rings (SSSR count). The number of hydrogen-bond donors (Lipinski definition) is 0. The number of thiophene rings is 1. The summed E-state index contributed by atoms with van der Waals surface area (Å²) in [5, 5.41) is 2.85. The van der Waals surface area contributed by atoms with Gasteiger partial charge in [-0.05, 0) is 30.9 Å². The molecule has 0 radical (unpaired) electrons. The summed E-state index contributed by atoms with van der Waals surface area (Å²) in [6, 6.07) is 1.65. The third-order valence-corrected chi connectivity index (χ3v) is 4.43. The van der Waals surface area contributed by atoms with Gasteiger partial charge < -0.3 is 4.74 Å². The zero-order valence-corrected chi connectivity index (χ0v) is 12.2. The molecule has 0 aromatic carbocycles. The van der Waals surface area contributed by atoms with Crippen molar-refractivity contribution in [3.8, 4) is 0 Å². The summed E-state index contributed by atoms with van der Waals surface area (Å²) in [6.07, 6.45) is -7.01. The van der Waals surface area contributed by atoms with Crippen molar-refractivity contribution in [1.82, 2.24) is 4.98 Å². The second-order valence-corrected chi connectivity index (χ2v) is 5.89. The van der Waals surface area contributed by atoms with Crippen molar-refractivity contribution in [2.75, 3.05) is 0 Å². The first-order chi connectivity index (χ1) is 9.29. The van der Waals surface area contributed by atoms with Crippen molar-refractivity contribution in [2.24, 2.45) is 0 Å². The second kappa shape index (κ2) is 5.53. The van der Waals surface area contributed by atoms with E-state index in [9.17, 15) is 18.0 Å². The van der Waals surface area contributed by atoms with E-state index in [2.05, 4.69) is 9.72 Å². The standard InChI is InChI=1S/C12H10F3NO2S2/c1-6-3-4-19-8(6)11(17)18-9(12(13,14)15)10-16-7(2)5-20-10/h3-5,9H,1-2H3/t9-/m0/s1. The van der Waals surface area contributed by atoms with Gasteiger partial charge in [0.05, 0.1) is 0 Å². The van der Waals surface area contributed by atoms with Gasteiger partial charge in [-0.3, -0.25) is 0 Å². The molecule has 0 bridgehead atoms. The van der Waals surface area contributed by atoms with Crippen LogP contribution < -0.4 is 0 Å². The van der Waals surface area contributed by atoms with Gasteiger partial charge in [-0.2, -0.15) is 13.2 Å². The Morgan fingerprint density at radius 1 is 1.35 bits per heavy atom. The molecule has 2 heterocycles. The molecule has 0 aliphatic carbocycles. The Kier molecular flexibility index (Phi) is 4.14. The summed E-state index contributed by atoms with van der Waals surface area (Å²) in [5.74, 6) is -0.979. The third kappa shape index (κ3) is 3.18. The van der Waals surface area contributed by atoms with Crippen LogP contribution in [0.4, 0.5) is 13.2 Å². The fraction of sp³-hybridized carbons (Fsp3) is 0.333. The van der Waals surface area contributed by atoms with E-state index in [4.69, 9.17) is 0 Å². The Bertz CT molecular complexity index is 618. The molecule has 0 N–H and O–H groups in total. The topological polar surface area (TPSA) is 39.2 Å². The minimum Gasteiger partial charge on any atom is -0.441 e. The van der Waals surface area contributed by atoms with Crippen LogP contribution in [0.3, 0.4) is 0 Å². The van der Waals surface area contributed by atoms with E-state index in [1.165, 1.54) is 5.38 Å². The summed E-state index contributed by atoms with van der Waals surface area (Å²) in [5.41, 5.74) is 1.05. The van der Waals surface area contributed by atoms with Crippen LogP contribution in [0.2, 0.25) is 0 Å². The first kappa shape index (κ1) is 15.0. The summed E-state index contributed by atoms with van der Waals surface area (Å²) in [7, 11) is 0. The Balaban J connectivity index is 2.26. The molecule has 0 amide bonds. The molecule has 0 aliphatic heterocycles. The summed E-state index contributed by atoms with van der Waals surface area (Å²) < 4.78 is 43.7.